The molecule has 2 aliphatic rings. The van der Waals surface area contributed by atoms with Gasteiger partial charge in [-0.3, -0.25) is 48.1 Å². The molecule has 75 heavy (non-hydrogen) atoms. The Bertz CT molecular complexity index is 2560. The minimum Gasteiger partial charge on any atom is -0.370 e. The van der Waals surface area contributed by atoms with E-state index < -0.39 is 108 Å². The molecule has 1 aromatic heterocycles. The molecule has 0 bridgehead atoms. The third kappa shape index (κ3) is 17.7. The molecule has 8 atom stereocenters. The summed E-state index contributed by atoms with van der Waals surface area (Å²) in [5.41, 5.74) is 30.6. The van der Waals surface area contributed by atoms with Crippen LogP contribution in [0.3, 0.4) is 0 Å². The van der Waals surface area contributed by atoms with Gasteiger partial charge in [0.05, 0.1) is 12.5 Å². The van der Waals surface area contributed by atoms with E-state index in [9.17, 15) is 43.2 Å². The lowest BCUT2D eigenvalue weighted by Crippen LogP contribution is -2.60. The number of carbonyl (C=O) groups is 9. The van der Waals surface area contributed by atoms with E-state index in [1.807, 2.05) is 31.2 Å². The fraction of sp³-hybridized carbons (Fsp3) is 0.500. The Hall–Kier alpha value is -8.25. The summed E-state index contributed by atoms with van der Waals surface area (Å²) in [5.74, 6) is -7.36. The number of H-pyrrole nitrogens is 1. The van der Waals surface area contributed by atoms with Crippen molar-refractivity contribution >= 4 is 76.0 Å². The van der Waals surface area contributed by atoms with Gasteiger partial charge < -0.3 is 75.8 Å². The van der Waals surface area contributed by atoms with Gasteiger partial charge in [-0.1, -0.05) is 68.3 Å². The Labute approximate surface area is 434 Å². The number of primary amides is 1. The number of aliphatic imine (C=N–C) groups is 2. The molecule has 5 rings (SSSR count). The number of hydrogen-bond acceptors (Lipinski definition) is 11. The highest BCUT2D eigenvalue weighted by atomic mass is 16.2. The van der Waals surface area contributed by atoms with Gasteiger partial charge in [0.15, 0.2) is 11.9 Å². The quantitative estimate of drug-likeness (QED) is 0.0403. The smallest absolute Gasteiger partial charge is 0.246 e. The lowest BCUT2D eigenvalue weighted by atomic mass is 10.0. The Balaban J connectivity index is 1.57. The molecule has 18 N–H and O–H groups in total. The number of nitrogens with two attached hydrogens (primary N) is 5. The van der Waals surface area contributed by atoms with Gasteiger partial charge in [0, 0.05) is 62.9 Å². The molecule has 0 spiro atoms. The molecule has 25 heteroatoms. The summed E-state index contributed by atoms with van der Waals surface area (Å²) < 4.78 is 0. The van der Waals surface area contributed by atoms with E-state index in [1.165, 1.54) is 6.92 Å². The Morgan fingerprint density at radius 1 is 0.787 bits per heavy atom. The highest BCUT2D eigenvalue weighted by molar-refractivity contribution is 5.99. The number of aromatic amines is 1. The van der Waals surface area contributed by atoms with Gasteiger partial charge in [-0.05, 0) is 55.7 Å². The van der Waals surface area contributed by atoms with Crippen LogP contribution in [0.1, 0.15) is 89.2 Å². The van der Waals surface area contributed by atoms with Gasteiger partial charge in [-0.2, -0.15) is 0 Å². The molecular weight excluding hydrogens is 969 g/mol. The van der Waals surface area contributed by atoms with Crippen LogP contribution in [0.2, 0.25) is 0 Å². The number of nitrogens with zero attached hydrogens (tertiary/aromatic N) is 3. The van der Waals surface area contributed by atoms with E-state index in [2.05, 4.69) is 52.2 Å². The predicted octanol–water partition coefficient (Wildman–Crippen LogP) is -2.46. The van der Waals surface area contributed by atoms with Gasteiger partial charge in [0.25, 0.3) is 0 Å². The van der Waals surface area contributed by atoms with E-state index in [0.717, 1.165) is 15.8 Å². The molecule has 0 radical (unpaired) electrons. The number of fused-ring (bicyclic) bond motifs is 2. The molecule has 406 valence electrons. The fourth-order valence-corrected chi connectivity index (χ4v) is 9.10. The lowest BCUT2D eigenvalue weighted by molar-refractivity contribution is -0.143. The Kier molecular flexibility index (Phi) is 21.7. The zero-order valence-electron chi connectivity index (χ0n) is 42.4. The van der Waals surface area contributed by atoms with Crippen LogP contribution < -0.4 is 65.9 Å². The Morgan fingerprint density at radius 2 is 1.45 bits per heavy atom. The first-order chi connectivity index (χ1) is 35.8. The molecule has 0 unspecified atom stereocenters. The fourth-order valence-electron chi connectivity index (χ4n) is 9.10. The van der Waals surface area contributed by atoms with E-state index in [1.54, 1.807) is 36.5 Å². The van der Waals surface area contributed by atoms with Crippen LogP contribution in [0.25, 0.3) is 10.9 Å². The lowest BCUT2D eigenvalue weighted by Gasteiger charge is -2.30. The average molecular weight is 1040 g/mol. The standard InChI is InChI=1S/C50H72N16O9/c1-3-4-16-35(59-28(2)67)43(70)65-39-25-41(68)56-20-11-10-18-34(42(51)69)61-46(73)38(23-30-26-58-33-17-9-8-15-32(30)33)63-44(71)36(19-12-21-57-49(52)53)62-45(72)37(22-29-13-6-5-7-14-29)64-47(74)40-24-31(60-50(54)55)27-66(40)48(39)75/h5-9,13-15,17,26,31,34-40,58H,3-4,10-12,16,18-25,27H2,1-2H3,(H2,51,69)(H,56,68)(H,59,67)(H,61,73)(H,62,72)(H,63,71)(H,64,74)(H,65,70)(H4,52,53,57)(H4,54,55,60)/t31-,34+,35+,36+,37-,38+,39+,40+/m1/s1. The minimum atomic E-state index is -1.58. The molecule has 0 aliphatic carbocycles. The topological polar surface area (TPSA) is 412 Å². The van der Waals surface area contributed by atoms with Crippen molar-refractivity contribution in [1.82, 2.24) is 47.1 Å². The van der Waals surface area contributed by atoms with Gasteiger partial charge in [-0.15, -0.1) is 0 Å². The highest BCUT2D eigenvalue weighted by Gasteiger charge is 2.44. The zero-order valence-corrected chi connectivity index (χ0v) is 42.4. The number of amides is 9. The van der Waals surface area contributed by atoms with Crippen molar-refractivity contribution in [2.45, 2.75) is 139 Å². The molecule has 0 saturated carbocycles. The van der Waals surface area contributed by atoms with E-state index >= 15 is 0 Å². The van der Waals surface area contributed by atoms with Crippen molar-refractivity contribution in [3.05, 3.63) is 71.9 Å². The minimum absolute atomic E-state index is 0.0325. The van der Waals surface area contributed by atoms with Crippen LogP contribution in [-0.2, 0) is 56.0 Å². The summed E-state index contributed by atoms with van der Waals surface area (Å²) in [5, 5.41) is 19.8. The average Bonchev–Trinajstić information content (AvgIpc) is 3.98. The highest BCUT2D eigenvalue weighted by Crippen LogP contribution is 2.24. The van der Waals surface area contributed by atoms with Gasteiger partial charge in [0.2, 0.25) is 53.2 Å². The third-order valence-electron chi connectivity index (χ3n) is 12.9. The normalized spacial score (nSPS) is 23.0. The molecule has 3 heterocycles. The molecule has 9 amide bonds. The summed E-state index contributed by atoms with van der Waals surface area (Å²) in [6.07, 6.45) is 2.89. The molecule has 3 aromatic rings. The Morgan fingerprint density at radius 3 is 2.15 bits per heavy atom. The van der Waals surface area contributed by atoms with Crippen LogP contribution in [0.15, 0.2) is 70.8 Å². The van der Waals surface area contributed by atoms with Crippen molar-refractivity contribution in [2.24, 2.45) is 38.7 Å². The van der Waals surface area contributed by atoms with Crippen molar-refractivity contribution in [3.63, 3.8) is 0 Å². The maximum absolute atomic E-state index is 14.8. The summed E-state index contributed by atoms with van der Waals surface area (Å²) >= 11 is 0. The van der Waals surface area contributed by atoms with Crippen LogP contribution in [0, 0.1) is 0 Å². The van der Waals surface area contributed by atoms with Gasteiger partial charge in [0.1, 0.15) is 42.3 Å². The monoisotopic (exact) mass is 1040 g/mol. The summed E-state index contributed by atoms with van der Waals surface area (Å²) in [6, 6.07) is 5.83. The maximum Gasteiger partial charge on any atom is 0.246 e. The van der Waals surface area contributed by atoms with Crippen molar-refractivity contribution < 1.29 is 43.2 Å². The van der Waals surface area contributed by atoms with Crippen LogP contribution >= 0.6 is 0 Å². The van der Waals surface area contributed by atoms with Gasteiger partial charge >= 0.3 is 0 Å². The first kappa shape index (κ1) is 57.6. The molecule has 2 fully saturated rings. The largest absolute Gasteiger partial charge is 0.370 e. The number of aromatic nitrogens is 1. The van der Waals surface area contributed by atoms with Crippen LogP contribution in [-0.4, -0.2) is 143 Å². The number of carbonyl (C=O) groups excluding carboxylic acids is 9. The number of benzene rings is 2. The van der Waals surface area contributed by atoms with E-state index in [-0.39, 0.29) is 89.3 Å². The number of unbranched alkanes of at least 4 members (excludes halogenated alkanes) is 1. The SMILES string of the molecule is CCCC[C@H](NC(C)=O)C(=O)N[C@H]1CC(=O)NCCCC[C@@H](C(N)=O)NC(=O)[C@H](Cc2c[nH]c3ccccc23)NC(=O)[C@H](CCCN=C(N)N)NC(=O)[C@@H](Cc2ccccc2)NC(=O)[C@@H]2C[C@@H](N=C(N)N)CN2C1=O. The molecule has 2 aliphatic heterocycles. The molecule has 2 saturated heterocycles. The predicted molar refractivity (Wildman–Crippen MR) is 279 cm³/mol. The van der Waals surface area contributed by atoms with Crippen molar-refractivity contribution in [3.8, 4) is 0 Å². The first-order valence-electron chi connectivity index (χ1n) is 25.2. The summed E-state index contributed by atoms with van der Waals surface area (Å²) in [7, 11) is 0. The van der Waals surface area contributed by atoms with Crippen molar-refractivity contribution in [2.75, 3.05) is 19.6 Å². The number of para-hydroxylation sites is 1. The number of nitrogens with one attached hydrogen (secondary N) is 8. The van der Waals surface area contributed by atoms with E-state index in [0.29, 0.717) is 24.0 Å². The second-order valence-corrected chi connectivity index (χ2v) is 18.8. The van der Waals surface area contributed by atoms with Crippen molar-refractivity contribution in [1.29, 1.82) is 0 Å². The van der Waals surface area contributed by atoms with E-state index in [4.69, 9.17) is 28.7 Å². The summed E-state index contributed by atoms with van der Waals surface area (Å²) in [4.78, 5) is 138. The van der Waals surface area contributed by atoms with Crippen LogP contribution in [0.4, 0.5) is 0 Å². The molecule has 2 aromatic carbocycles. The third-order valence-corrected chi connectivity index (χ3v) is 12.9. The number of hydrogen-bond donors (Lipinski definition) is 13. The second kappa shape index (κ2) is 28.3. The molecular formula is C50H72N16O9. The number of rotatable bonds is 16. The van der Waals surface area contributed by atoms with Gasteiger partial charge in [-0.25, -0.2) is 4.99 Å². The molecule has 25 nitrogen and oxygen atoms in total. The first-order valence-corrected chi connectivity index (χ1v) is 25.2. The zero-order chi connectivity index (χ0) is 54.6. The number of guanidine groups is 2. The van der Waals surface area contributed by atoms with Crippen LogP contribution in [0.5, 0.6) is 0 Å². The second-order valence-electron chi connectivity index (χ2n) is 18.8. The summed E-state index contributed by atoms with van der Waals surface area (Å²) in [6.45, 7) is 2.99. The maximum atomic E-state index is 14.8.